The lowest BCUT2D eigenvalue weighted by molar-refractivity contribution is -0.341. The van der Waals surface area contributed by atoms with Gasteiger partial charge in [0.25, 0.3) is 5.67 Å². The summed E-state index contributed by atoms with van der Waals surface area (Å²) in [6, 6.07) is 0. The Morgan fingerprint density at radius 1 is 0.900 bits per heavy atom. The van der Waals surface area contributed by atoms with Gasteiger partial charge in [-0.15, -0.1) is 0 Å². The molecule has 120 valence electrons. The third-order valence-corrected chi connectivity index (χ3v) is 3.94. The summed E-state index contributed by atoms with van der Waals surface area (Å²) in [5, 5.41) is 8.16. The second-order valence-corrected chi connectivity index (χ2v) is 6.15. The number of aliphatic carboxylic acids is 1. The first kappa shape index (κ1) is 18.9. The van der Waals surface area contributed by atoms with Gasteiger partial charge in [-0.25, -0.2) is 12.8 Å². The average molecular weight is 334 g/mol. The fourth-order valence-corrected chi connectivity index (χ4v) is 2.37. The molecule has 12 heteroatoms. The molecular formula is C8H9F7O4S. The van der Waals surface area contributed by atoms with E-state index in [1.807, 2.05) is 0 Å². The van der Waals surface area contributed by atoms with Gasteiger partial charge in [-0.1, -0.05) is 0 Å². The molecule has 0 rings (SSSR count). The Bertz CT molecular complexity index is 436. The summed E-state index contributed by atoms with van der Waals surface area (Å²) in [4.78, 5) is 10.1. The molecule has 0 spiro atoms. The van der Waals surface area contributed by atoms with Gasteiger partial charge >= 0.3 is 18.3 Å². The minimum absolute atomic E-state index is 1.00. The van der Waals surface area contributed by atoms with Crippen LogP contribution in [0.25, 0.3) is 0 Å². The highest BCUT2D eigenvalue weighted by molar-refractivity contribution is 7.91. The molecule has 0 saturated heterocycles. The third-order valence-electron chi connectivity index (χ3n) is 2.28. The number of halogens is 7. The summed E-state index contributed by atoms with van der Waals surface area (Å²) < 4.78 is 108. The Kier molecular flexibility index (Phi) is 5.43. The van der Waals surface area contributed by atoms with E-state index in [1.165, 1.54) is 0 Å². The topological polar surface area (TPSA) is 71.4 Å². The molecule has 0 atom stereocenters. The van der Waals surface area contributed by atoms with Crippen LogP contribution in [0.4, 0.5) is 30.7 Å². The SMILES string of the molecule is O=C(O)CCS(=O)(=O)CCC(F)(C(F)(F)F)C(F)(F)F. The first-order valence-electron chi connectivity index (χ1n) is 4.87. The smallest absolute Gasteiger partial charge is 0.431 e. The van der Waals surface area contributed by atoms with Gasteiger partial charge in [0.15, 0.2) is 9.84 Å². The zero-order valence-electron chi connectivity index (χ0n) is 9.55. The largest absolute Gasteiger partial charge is 0.481 e. The first-order valence-corrected chi connectivity index (χ1v) is 6.69. The Morgan fingerprint density at radius 2 is 1.30 bits per heavy atom. The number of carbonyl (C=O) groups is 1. The molecule has 0 bridgehead atoms. The monoisotopic (exact) mass is 334 g/mol. The molecule has 0 aromatic rings. The van der Waals surface area contributed by atoms with Crippen molar-refractivity contribution in [1.29, 1.82) is 0 Å². The van der Waals surface area contributed by atoms with E-state index in [0.717, 1.165) is 0 Å². The number of alkyl halides is 7. The molecular weight excluding hydrogens is 325 g/mol. The van der Waals surface area contributed by atoms with Gasteiger partial charge in [0.2, 0.25) is 0 Å². The van der Waals surface area contributed by atoms with E-state index >= 15 is 0 Å². The van der Waals surface area contributed by atoms with Crippen molar-refractivity contribution in [2.45, 2.75) is 30.9 Å². The van der Waals surface area contributed by atoms with E-state index in [-0.39, 0.29) is 0 Å². The molecule has 0 aliphatic carbocycles. The summed E-state index contributed by atoms with van der Waals surface area (Å²) in [5.74, 6) is -4.55. The quantitative estimate of drug-likeness (QED) is 0.755. The van der Waals surface area contributed by atoms with E-state index in [4.69, 9.17) is 5.11 Å². The predicted octanol–water partition coefficient (Wildman–Crippen LogP) is 2.10. The fraction of sp³-hybridized carbons (Fsp3) is 0.875. The van der Waals surface area contributed by atoms with Crippen LogP contribution in [-0.2, 0) is 14.6 Å². The molecule has 1 N–H and O–H groups in total. The number of carboxylic acids is 1. The maximum absolute atomic E-state index is 13.1. The lowest BCUT2D eigenvalue weighted by atomic mass is 10.0. The van der Waals surface area contributed by atoms with Crippen molar-refractivity contribution < 1.29 is 49.1 Å². The van der Waals surface area contributed by atoms with E-state index in [9.17, 15) is 43.9 Å². The fourth-order valence-electron chi connectivity index (χ4n) is 1.09. The normalized spacial score (nSPS) is 14.3. The van der Waals surface area contributed by atoms with Gasteiger partial charge in [-0.3, -0.25) is 4.79 Å². The minimum atomic E-state index is -6.33. The number of carboxylic acid groups (broad SMARTS) is 1. The van der Waals surface area contributed by atoms with Crippen LogP contribution in [0.2, 0.25) is 0 Å². The standard InChI is InChI=1S/C8H9F7O4S/c9-6(7(10,11)12,8(13,14)15)2-4-20(18,19)3-1-5(16)17/h1-4H2,(H,16,17). The molecule has 0 aliphatic heterocycles. The molecule has 20 heavy (non-hydrogen) atoms. The average Bonchev–Trinajstić information content (AvgIpc) is 2.20. The minimum Gasteiger partial charge on any atom is -0.481 e. The zero-order valence-corrected chi connectivity index (χ0v) is 10.4. The maximum Gasteiger partial charge on any atom is 0.431 e. The lowest BCUT2D eigenvalue weighted by Gasteiger charge is -2.29. The van der Waals surface area contributed by atoms with Crippen molar-refractivity contribution in [3.8, 4) is 0 Å². The molecule has 0 amide bonds. The van der Waals surface area contributed by atoms with Crippen molar-refractivity contribution in [2.75, 3.05) is 11.5 Å². The summed E-state index contributed by atoms with van der Waals surface area (Å²) in [5.41, 5.74) is -5.66. The van der Waals surface area contributed by atoms with Crippen molar-refractivity contribution in [2.24, 2.45) is 0 Å². The summed E-state index contributed by atoms with van der Waals surface area (Å²) in [7, 11) is -4.55. The second kappa shape index (κ2) is 5.74. The Morgan fingerprint density at radius 3 is 1.60 bits per heavy atom. The lowest BCUT2D eigenvalue weighted by Crippen LogP contribution is -2.54. The summed E-state index contributed by atoms with van der Waals surface area (Å²) >= 11 is 0. The van der Waals surface area contributed by atoms with Crippen molar-refractivity contribution in [3.63, 3.8) is 0 Å². The highest BCUT2D eigenvalue weighted by Gasteiger charge is 2.72. The van der Waals surface area contributed by atoms with Gasteiger partial charge < -0.3 is 5.11 Å². The molecule has 0 radical (unpaired) electrons. The highest BCUT2D eigenvalue weighted by atomic mass is 32.2. The summed E-state index contributed by atoms with van der Waals surface area (Å²) in [6.45, 7) is 0. The molecule has 0 aliphatic rings. The van der Waals surface area contributed by atoms with Gasteiger partial charge in [-0.05, 0) is 0 Å². The molecule has 0 saturated carbocycles. The van der Waals surface area contributed by atoms with Gasteiger partial charge in [0.1, 0.15) is 0 Å². The number of rotatable bonds is 6. The van der Waals surface area contributed by atoms with Gasteiger partial charge in [0.05, 0.1) is 17.9 Å². The molecule has 0 unspecified atom stereocenters. The number of hydrogen-bond acceptors (Lipinski definition) is 3. The molecule has 0 fully saturated rings. The molecule has 0 aromatic carbocycles. The van der Waals surface area contributed by atoms with Crippen LogP contribution in [-0.4, -0.2) is 49.0 Å². The van der Waals surface area contributed by atoms with Crippen molar-refractivity contribution >= 4 is 15.8 Å². The van der Waals surface area contributed by atoms with Crippen LogP contribution in [0.15, 0.2) is 0 Å². The van der Waals surface area contributed by atoms with Crippen molar-refractivity contribution in [3.05, 3.63) is 0 Å². The Hall–Kier alpha value is -1.07. The van der Waals surface area contributed by atoms with Crippen LogP contribution < -0.4 is 0 Å². The number of hydrogen-bond donors (Lipinski definition) is 1. The maximum atomic E-state index is 13.1. The highest BCUT2D eigenvalue weighted by Crippen LogP contribution is 2.48. The van der Waals surface area contributed by atoms with E-state index in [1.54, 1.807) is 0 Å². The summed E-state index contributed by atoms with van der Waals surface area (Å²) in [6.07, 6.45) is -16.0. The second-order valence-electron chi connectivity index (χ2n) is 3.84. The molecule has 4 nitrogen and oxygen atoms in total. The van der Waals surface area contributed by atoms with Crippen molar-refractivity contribution in [1.82, 2.24) is 0 Å². The zero-order chi connectivity index (χ0) is 16.4. The molecule has 0 heterocycles. The van der Waals surface area contributed by atoms with E-state index in [0.29, 0.717) is 0 Å². The van der Waals surface area contributed by atoms with E-state index < -0.39 is 58.2 Å². The molecule has 0 aromatic heterocycles. The first-order chi connectivity index (χ1) is 8.62. The third kappa shape index (κ3) is 4.80. The predicted molar refractivity (Wildman–Crippen MR) is 51.5 cm³/mol. The van der Waals surface area contributed by atoms with E-state index in [2.05, 4.69) is 0 Å². The van der Waals surface area contributed by atoms with Crippen LogP contribution >= 0.6 is 0 Å². The van der Waals surface area contributed by atoms with Gasteiger partial charge in [0, 0.05) is 6.42 Å². The van der Waals surface area contributed by atoms with Crippen LogP contribution in [0, 0.1) is 0 Å². The Balaban J connectivity index is 5.03. The van der Waals surface area contributed by atoms with Crippen LogP contribution in [0.1, 0.15) is 12.8 Å². The van der Waals surface area contributed by atoms with Crippen LogP contribution in [0.3, 0.4) is 0 Å². The van der Waals surface area contributed by atoms with Crippen LogP contribution in [0.5, 0.6) is 0 Å². The van der Waals surface area contributed by atoms with Gasteiger partial charge in [-0.2, -0.15) is 26.3 Å². The number of sulfone groups is 1. The Labute approximate surface area is 108 Å².